The molecule has 0 spiro atoms. The van der Waals surface area contributed by atoms with Crippen molar-refractivity contribution in [3.05, 3.63) is 29.8 Å². The van der Waals surface area contributed by atoms with Crippen LogP contribution in [-0.4, -0.2) is 32.3 Å². The summed E-state index contributed by atoms with van der Waals surface area (Å²) in [5.41, 5.74) is 1.34. The fraction of sp³-hybridized carbons (Fsp3) is 0.462. The zero-order valence-corrected chi connectivity index (χ0v) is 10.4. The van der Waals surface area contributed by atoms with E-state index in [0.29, 0.717) is 31.9 Å². The van der Waals surface area contributed by atoms with E-state index in [-0.39, 0.29) is 5.97 Å². The molecule has 0 aliphatic carbocycles. The number of carbonyl (C=O) groups is 1. The van der Waals surface area contributed by atoms with Crippen molar-refractivity contribution in [3.63, 3.8) is 0 Å². The van der Waals surface area contributed by atoms with Crippen molar-refractivity contribution in [2.75, 3.05) is 31.7 Å². The molecule has 1 aromatic rings. The average molecular weight is 237 g/mol. The van der Waals surface area contributed by atoms with E-state index in [2.05, 4.69) is 5.32 Å². The number of hydrogen-bond donors (Lipinski definition) is 1. The first-order chi connectivity index (χ1) is 8.29. The molecule has 0 bridgehead atoms. The van der Waals surface area contributed by atoms with Crippen molar-refractivity contribution in [3.8, 4) is 0 Å². The lowest BCUT2D eigenvalue weighted by Gasteiger charge is -2.10. The molecule has 1 rings (SSSR count). The summed E-state index contributed by atoms with van der Waals surface area (Å²) in [5.74, 6) is -0.299. The molecule has 0 amide bonds. The highest BCUT2D eigenvalue weighted by Gasteiger charge is 2.10. The highest BCUT2D eigenvalue weighted by molar-refractivity contribution is 5.95. The third-order valence-corrected chi connectivity index (χ3v) is 2.19. The molecule has 4 heteroatoms. The van der Waals surface area contributed by atoms with Crippen LogP contribution in [0.15, 0.2) is 24.3 Å². The molecule has 0 unspecified atom stereocenters. The van der Waals surface area contributed by atoms with Crippen molar-refractivity contribution in [1.82, 2.24) is 0 Å². The third-order valence-electron chi connectivity index (χ3n) is 2.19. The van der Waals surface area contributed by atoms with Crippen molar-refractivity contribution in [2.24, 2.45) is 0 Å². The van der Waals surface area contributed by atoms with E-state index in [4.69, 9.17) is 9.47 Å². The lowest BCUT2D eigenvalue weighted by atomic mass is 10.2. The van der Waals surface area contributed by atoms with Crippen LogP contribution in [0.2, 0.25) is 0 Å². The van der Waals surface area contributed by atoms with E-state index in [9.17, 15) is 4.79 Å². The standard InChI is InChI=1S/C13H19NO3/c1-3-16-10-9-14-12-8-6-5-7-11(12)13(15)17-4-2/h5-8,14H,3-4,9-10H2,1-2H3. The second kappa shape index (κ2) is 7.68. The van der Waals surface area contributed by atoms with Gasteiger partial charge in [-0.25, -0.2) is 4.79 Å². The molecule has 0 aromatic heterocycles. The van der Waals surface area contributed by atoms with Gasteiger partial charge in [0.1, 0.15) is 0 Å². The predicted molar refractivity (Wildman–Crippen MR) is 67.4 cm³/mol. The van der Waals surface area contributed by atoms with Crippen LogP contribution in [0.5, 0.6) is 0 Å². The summed E-state index contributed by atoms with van der Waals surface area (Å²) in [7, 11) is 0. The monoisotopic (exact) mass is 237 g/mol. The fourth-order valence-corrected chi connectivity index (χ4v) is 1.43. The van der Waals surface area contributed by atoms with Crippen LogP contribution in [-0.2, 0) is 9.47 Å². The summed E-state index contributed by atoms with van der Waals surface area (Å²) >= 11 is 0. The highest BCUT2D eigenvalue weighted by atomic mass is 16.5. The summed E-state index contributed by atoms with van der Waals surface area (Å²) in [6.45, 7) is 6.11. The minimum absolute atomic E-state index is 0.299. The van der Waals surface area contributed by atoms with Crippen LogP contribution < -0.4 is 5.32 Å². The largest absolute Gasteiger partial charge is 0.462 e. The number of hydrogen-bond acceptors (Lipinski definition) is 4. The Labute approximate surface area is 102 Å². The Bertz CT molecular complexity index is 352. The van der Waals surface area contributed by atoms with Crippen molar-refractivity contribution >= 4 is 11.7 Å². The predicted octanol–water partition coefficient (Wildman–Crippen LogP) is 2.31. The molecule has 1 aromatic carbocycles. The summed E-state index contributed by atoms with van der Waals surface area (Å²) < 4.78 is 10.2. The van der Waals surface area contributed by atoms with Crippen LogP contribution in [0, 0.1) is 0 Å². The first-order valence-corrected chi connectivity index (χ1v) is 5.87. The van der Waals surface area contributed by atoms with Crippen LogP contribution in [0.25, 0.3) is 0 Å². The van der Waals surface area contributed by atoms with Gasteiger partial charge in [-0.1, -0.05) is 12.1 Å². The van der Waals surface area contributed by atoms with Crippen molar-refractivity contribution in [2.45, 2.75) is 13.8 Å². The Balaban J connectivity index is 2.61. The number of para-hydroxylation sites is 1. The molecule has 0 aliphatic heterocycles. The Morgan fingerprint density at radius 1 is 1.24 bits per heavy atom. The normalized spacial score (nSPS) is 10.0. The fourth-order valence-electron chi connectivity index (χ4n) is 1.43. The Morgan fingerprint density at radius 3 is 2.71 bits per heavy atom. The Morgan fingerprint density at radius 2 is 2.00 bits per heavy atom. The maximum atomic E-state index is 11.7. The van der Waals surface area contributed by atoms with Gasteiger partial charge in [0.15, 0.2) is 0 Å². The van der Waals surface area contributed by atoms with Gasteiger partial charge in [0, 0.05) is 18.8 Å². The Kier molecular flexibility index (Phi) is 6.10. The van der Waals surface area contributed by atoms with E-state index in [0.717, 1.165) is 5.69 Å². The summed E-state index contributed by atoms with van der Waals surface area (Å²) in [4.78, 5) is 11.7. The molecular weight excluding hydrogens is 218 g/mol. The molecule has 0 saturated carbocycles. The molecular formula is C13H19NO3. The summed E-state index contributed by atoms with van der Waals surface area (Å²) in [5, 5.41) is 3.16. The number of nitrogens with one attached hydrogen (secondary N) is 1. The molecule has 0 radical (unpaired) electrons. The van der Waals surface area contributed by atoms with Crippen LogP contribution >= 0.6 is 0 Å². The van der Waals surface area contributed by atoms with Crippen LogP contribution in [0.3, 0.4) is 0 Å². The molecule has 0 heterocycles. The zero-order chi connectivity index (χ0) is 12.5. The Hall–Kier alpha value is -1.55. The number of anilines is 1. The van der Waals surface area contributed by atoms with E-state index in [1.165, 1.54) is 0 Å². The van der Waals surface area contributed by atoms with Gasteiger partial charge in [-0.15, -0.1) is 0 Å². The van der Waals surface area contributed by atoms with Gasteiger partial charge in [-0.3, -0.25) is 0 Å². The molecule has 0 atom stereocenters. The van der Waals surface area contributed by atoms with E-state index >= 15 is 0 Å². The van der Waals surface area contributed by atoms with Crippen molar-refractivity contribution < 1.29 is 14.3 Å². The first-order valence-electron chi connectivity index (χ1n) is 5.87. The highest BCUT2D eigenvalue weighted by Crippen LogP contribution is 2.15. The number of esters is 1. The van der Waals surface area contributed by atoms with Gasteiger partial charge < -0.3 is 14.8 Å². The summed E-state index contributed by atoms with van der Waals surface area (Å²) in [6, 6.07) is 7.31. The molecule has 0 saturated heterocycles. The van der Waals surface area contributed by atoms with Crippen LogP contribution in [0.1, 0.15) is 24.2 Å². The molecule has 4 nitrogen and oxygen atoms in total. The lowest BCUT2D eigenvalue weighted by Crippen LogP contribution is -2.13. The maximum absolute atomic E-state index is 11.7. The molecule has 0 fully saturated rings. The SMILES string of the molecule is CCOCCNc1ccccc1C(=O)OCC. The molecule has 94 valence electrons. The smallest absolute Gasteiger partial charge is 0.340 e. The average Bonchev–Trinajstić information content (AvgIpc) is 2.35. The number of ether oxygens (including phenoxy) is 2. The van der Waals surface area contributed by atoms with Gasteiger partial charge in [-0.05, 0) is 26.0 Å². The van der Waals surface area contributed by atoms with E-state index in [1.807, 2.05) is 25.1 Å². The molecule has 17 heavy (non-hydrogen) atoms. The van der Waals surface area contributed by atoms with Gasteiger partial charge in [-0.2, -0.15) is 0 Å². The van der Waals surface area contributed by atoms with Gasteiger partial charge in [0.25, 0.3) is 0 Å². The van der Waals surface area contributed by atoms with Gasteiger partial charge >= 0.3 is 5.97 Å². The number of benzene rings is 1. The van der Waals surface area contributed by atoms with Crippen LogP contribution in [0.4, 0.5) is 5.69 Å². The number of carbonyl (C=O) groups excluding carboxylic acids is 1. The van der Waals surface area contributed by atoms with E-state index < -0.39 is 0 Å². The minimum Gasteiger partial charge on any atom is -0.462 e. The zero-order valence-electron chi connectivity index (χ0n) is 10.4. The van der Waals surface area contributed by atoms with Gasteiger partial charge in [0.2, 0.25) is 0 Å². The molecule has 0 aliphatic rings. The first kappa shape index (κ1) is 13.5. The minimum atomic E-state index is -0.299. The summed E-state index contributed by atoms with van der Waals surface area (Å²) in [6.07, 6.45) is 0. The quantitative estimate of drug-likeness (QED) is 0.584. The third kappa shape index (κ3) is 4.44. The lowest BCUT2D eigenvalue weighted by molar-refractivity contribution is 0.0527. The molecule has 1 N–H and O–H groups in total. The maximum Gasteiger partial charge on any atom is 0.340 e. The second-order valence-electron chi connectivity index (χ2n) is 3.39. The van der Waals surface area contributed by atoms with E-state index in [1.54, 1.807) is 13.0 Å². The number of rotatable bonds is 7. The van der Waals surface area contributed by atoms with Crippen molar-refractivity contribution in [1.29, 1.82) is 0 Å². The second-order valence-corrected chi connectivity index (χ2v) is 3.39. The van der Waals surface area contributed by atoms with Gasteiger partial charge in [0.05, 0.1) is 18.8 Å². The topological polar surface area (TPSA) is 47.6 Å².